The quantitative estimate of drug-likeness (QED) is 0.451. The second-order valence-electron chi connectivity index (χ2n) is 6.62. The minimum Gasteiger partial charge on any atom is -0.200 e. The van der Waals surface area contributed by atoms with E-state index in [0.717, 1.165) is 23.9 Å². The lowest BCUT2D eigenvalue weighted by Gasteiger charge is -2.13. The van der Waals surface area contributed by atoms with Gasteiger partial charge in [-0.15, -0.1) is 0 Å². The fourth-order valence-electron chi connectivity index (χ4n) is 2.83. The maximum absolute atomic E-state index is 13.2. The standard InChI is InChI=1S/C22H16F3N3O2S/c1-15-6-10-19(11-7-15)31(29,30)28-27-14-17-8-9-18(22(23,24)25)12-21(17)20-5-3-2-4-16(20)13-26/h2-12,14,28H,1H3. The zero-order valence-electron chi connectivity index (χ0n) is 16.2. The Hall–Kier alpha value is -3.64. The molecule has 0 aromatic heterocycles. The van der Waals surface area contributed by atoms with Crippen LogP contribution in [-0.4, -0.2) is 14.6 Å². The summed E-state index contributed by atoms with van der Waals surface area (Å²) in [6.45, 7) is 1.81. The number of halogens is 3. The normalized spacial score (nSPS) is 12.0. The van der Waals surface area contributed by atoms with Crippen LogP contribution in [0.15, 0.2) is 76.7 Å². The van der Waals surface area contributed by atoms with Gasteiger partial charge in [0.05, 0.1) is 28.3 Å². The Labute approximate surface area is 177 Å². The highest BCUT2D eigenvalue weighted by Gasteiger charge is 2.31. The maximum atomic E-state index is 13.2. The zero-order chi connectivity index (χ0) is 22.6. The molecule has 1 N–H and O–H groups in total. The number of hydrogen-bond acceptors (Lipinski definition) is 4. The van der Waals surface area contributed by atoms with E-state index < -0.39 is 21.8 Å². The van der Waals surface area contributed by atoms with Crippen molar-refractivity contribution in [1.82, 2.24) is 4.83 Å². The number of nitriles is 1. The Kier molecular flexibility index (Phi) is 6.13. The summed E-state index contributed by atoms with van der Waals surface area (Å²) in [6.07, 6.45) is -3.48. The number of nitrogens with one attached hydrogen (secondary N) is 1. The SMILES string of the molecule is Cc1ccc(S(=O)(=O)NN=Cc2ccc(C(F)(F)F)cc2-c2ccccc2C#N)cc1. The van der Waals surface area contributed by atoms with Crippen LogP contribution in [0.4, 0.5) is 13.2 Å². The third-order valence-corrected chi connectivity index (χ3v) is 5.66. The van der Waals surface area contributed by atoms with E-state index in [4.69, 9.17) is 0 Å². The number of alkyl halides is 3. The molecule has 0 heterocycles. The van der Waals surface area contributed by atoms with E-state index in [1.54, 1.807) is 24.3 Å². The maximum Gasteiger partial charge on any atom is 0.416 e. The second kappa shape index (κ2) is 8.62. The molecule has 0 fully saturated rings. The van der Waals surface area contributed by atoms with E-state index in [9.17, 15) is 26.9 Å². The highest BCUT2D eigenvalue weighted by Crippen LogP contribution is 2.34. The monoisotopic (exact) mass is 443 g/mol. The molecule has 158 valence electrons. The number of rotatable bonds is 5. The van der Waals surface area contributed by atoms with Gasteiger partial charge in [0.15, 0.2) is 0 Å². The molecule has 0 atom stereocenters. The number of nitrogens with zero attached hydrogens (tertiary/aromatic N) is 2. The van der Waals surface area contributed by atoms with Crippen molar-refractivity contribution >= 4 is 16.2 Å². The molecule has 3 aromatic rings. The fraction of sp³-hybridized carbons (Fsp3) is 0.0909. The van der Waals surface area contributed by atoms with Crippen LogP contribution in [-0.2, 0) is 16.2 Å². The van der Waals surface area contributed by atoms with Crippen molar-refractivity contribution in [3.05, 3.63) is 89.0 Å². The van der Waals surface area contributed by atoms with Crippen molar-refractivity contribution in [2.24, 2.45) is 5.10 Å². The van der Waals surface area contributed by atoms with Gasteiger partial charge in [0.1, 0.15) is 0 Å². The summed E-state index contributed by atoms with van der Waals surface area (Å²) in [5, 5.41) is 13.0. The Morgan fingerprint density at radius 3 is 2.32 bits per heavy atom. The molecule has 5 nitrogen and oxygen atoms in total. The molecule has 31 heavy (non-hydrogen) atoms. The average Bonchev–Trinajstić information content (AvgIpc) is 2.73. The van der Waals surface area contributed by atoms with Crippen molar-refractivity contribution in [2.75, 3.05) is 0 Å². The van der Waals surface area contributed by atoms with Crippen molar-refractivity contribution in [3.8, 4) is 17.2 Å². The molecule has 0 saturated heterocycles. The summed E-state index contributed by atoms with van der Waals surface area (Å²) in [6, 6.07) is 17.2. The van der Waals surface area contributed by atoms with Gasteiger partial charge >= 0.3 is 6.18 Å². The zero-order valence-corrected chi connectivity index (χ0v) is 17.0. The minimum absolute atomic E-state index is 0.00211. The van der Waals surface area contributed by atoms with Gasteiger partial charge in [0.25, 0.3) is 10.0 Å². The number of hydrazone groups is 1. The van der Waals surface area contributed by atoms with Gasteiger partial charge in [-0.05, 0) is 42.8 Å². The van der Waals surface area contributed by atoms with Gasteiger partial charge in [-0.25, -0.2) is 4.83 Å². The molecule has 0 radical (unpaired) electrons. The molecule has 3 aromatic carbocycles. The Morgan fingerprint density at radius 2 is 1.68 bits per heavy atom. The van der Waals surface area contributed by atoms with Crippen LogP contribution in [0.2, 0.25) is 0 Å². The van der Waals surface area contributed by atoms with Crippen LogP contribution in [0, 0.1) is 18.3 Å². The van der Waals surface area contributed by atoms with Gasteiger partial charge in [0.2, 0.25) is 0 Å². The van der Waals surface area contributed by atoms with E-state index in [-0.39, 0.29) is 27.1 Å². The molecular formula is C22H16F3N3O2S. The molecule has 9 heteroatoms. The first kappa shape index (κ1) is 22.1. The van der Waals surface area contributed by atoms with E-state index >= 15 is 0 Å². The van der Waals surface area contributed by atoms with Gasteiger partial charge in [-0.1, -0.05) is 42.0 Å². The average molecular weight is 443 g/mol. The number of hydrogen-bond donors (Lipinski definition) is 1. The van der Waals surface area contributed by atoms with E-state index in [1.165, 1.54) is 30.3 Å². The Morgan fingerprint density at radius 1 is 1.00 bits per heavy atom. The molecule has 0 amide bonds. The van der Waals surface area contributed by atoms with Crippen LogP contribution in [0.3, 0.4) is 0 Å². The van der Waals surface area contributed by atoms with E-state index in [0.29, 0.717) is 0 Å². The predicted molar refractivity (Wildman–Crippen MR) is 111 cm³/mol. The predicted octanol–water partition coefficient (Wildman–Crippen LogP) is 4.86. The largest absolute Gasteiger partial charge is 0.416 e. The molecule has 3 rings (SSSR count). The van der Waals surface area contributed by atoms with Crippen LogP contribution in [0.5, 0.6) is 0 Å². The molecule has 0 bridgehead atoms. The van der Waals surface area contributed by atoms with Gasteiger partial charge in [0, 0.05) is 11.1 Å². The van der Waals surface area contributed by atoms with Crippen LogP contribution in [0.1, 0.15) is 22.3 Å². The van der Waals surface area contributed by atoms with Crippen LogP contribution in [0.25, 0.3) is 11.1 Å². The molecule has 0 aliphatic carbocycles. The minimum atomic E-state index is -4.58. The molecule has 0 saturated carbocycles. The highest BCUT2D eigenvalue weighted by atomic mass is 32.2. The number of benzene rings is 3. The van der Waals surface area contributed by atoms with Gasteiger partial charge in [-0.3, -0.25) is 0 Å². The number of sulfonamides is 1. The van der Waals surface area contributed by atoms with Crippen molar-refractivity contribution in [2.45, 2.75) is 18.0 Å². The fourth-order valence-corrected chi connectivity index (χ4v) is 3.62. The summed E-state index contributed by atoms with van der Waals surface area (Å²) in [4.78, 5) is 2.05. The summed E-state index contributed by atoms with van der Waals surface area (Å²) < 4.78 is 64.4. The number of aryl methyl sites for hydroxylation is 1. The Balaban J connectivity index is 2.01. The molecule has 0 unspecified atom stereocenters. The summed E-state index contributed by atoms with van der Waals surface area (Å²) in [5.74, 6) is 0. The van der Waals surface area contributed by atoms with E-state index in [1.807, 2.05) is 17.8 Å². The lowest BCUT2D eigenvalue weighted by molar-refractivity contribution is -0.137. The summed E-state index contributed by atoms with van der Waals surface area (Å²) >= 11 is 0. The van der Waals surface area contributed by atoms with Crippen molar-refractivity contribution < 1.29 is 21.6 Å². The topological polar surface area (TPSA) is 82.3 Å². The second-order valence-corrected chi connectivity index (χ2v) is 8.28. The third kappa shape index (κ3) is 5.10. The molecule has 0 aliphatic rings. The molecule has 0 aliphatic heterocycles. The first-order valence-electron chi connectivity index (χ1n) is 8.94. The first-order valence-corrected chi connectivity index (χ1v) is 10.4. The van der Waals surface area contributed by atoms with Gasteiger partial charge < -0.3 is 0 Å². The highest BCUT2D eigenvalue weighted by molar-refractivity contribution is 7.89. The summed E-state index contributed by atoms with van der Waals surface area (Å²) in [5.41, 5.74) is 0.754. The van der Waals surface area contributed by atoms with Crippen LogP contribution < -0.4 is 4.83 Å². The molecule has 0 spiro atoms. The van der Waals surface area contributed by atoms with E-state index in [2.05, 4.69) is 5.10 Å². The summed E-state index contributed by atoms with van der Waals surface area (Å²) in [7, 11) is -3.95. The van der Waals surface area contributed by atoms with Gasteiger partial charge in [-0.2, -0.15) is 32.0 Å². The third-order valence-electron chi connectivity index (χ3n) is 4.43. The van der Waals surface area contributed by atoms with Crippen LogP contribution >= 0.6 is 0 Å². The van der Waals surface area contributed by atoms with Crippen molar-refractivity contribution in [1.29, 1.82) is 5.26 Å². The lowest BCUT2D eigenvalue weighted by Crippen LogP contribution is -2.18. The van der Waals surface area contributed by atoms with Crippen molar-refractivity contribution in [3.63, 3.8) is 0 Å². The first-order chi connectivity index (χ1) is 14.6. The lowest BCUT2D eigenvalue weighted by atomic mass is 9.94. The Bertz CT molecular complexity index is 1280. The molecular weight excluding hydrogens is 427 g/mol. The smallest absolute Gasteiger partial charge is 0.200 e.